The molecule has 0 aliphatic heterocycles. The van der Waals surface area contributed by atoms with E-state index in [2.05, 4.69) is 20.3 Å². The fourth-order valence-corrected chi connectivity index (χ4v) is 3.53. The van der Waals surface area contributed by atoms with Crippen LogP contribution in [0.4, 0.5) is 18.9 Å². The van der Waals surface area contributed by atoms with Crippen LogP contribution in [-0.4, -0.2) is 51.7 Å². The molecular formula is C24H28F3N5O3. The number of anilines is 1. The van der Waals surface area contributed by atoms with E-state index in [1.165, 1.54) is 6.20 Å². The maximum Gasteiger partial charge on any atom is 0.405 e. The number of aromatic amines is 1. The second-order valence-electron chi connectivity index (χ2n) is 8.82. The number of ether oxygens (including phenoxy) is 1. The molecule has 0 aromatic carbocycles. The Morgan fingerprint density at radius 2 is 1.86 bits per heavy atom. The number of alkyl halides is 3. The Morgan fingerprint density at radius 3 is 2.51 bits per heavy atom. The monoisotopic (exact) mass is 491 g/mol. The highest BCUT2D eigenvalue weighted by Crippen LogP contribution is 2.30. The number of halogens is 3. The molecule has 3 aromatic heterocycles. The van der Waals surface area contributed by atoms with Crippen molar-refractivity contribution in [2.45, 2.75) is 52.4 Å². The molecule has 3 aromatic rings. The molecule has 1 amide bonds. The summed E-state index contributed by atoms with van der Waals surface area (Å²) in [7, 11) is 0. The Hall–Kier alpha value is -3.63. The van der Waals surface area contributed by atoms with Crippen molar-refractivity contribution in [2.75, 3.05) is 11.9 Å². The molecule has 1 atom stereocenters. The molecule has 11 heteroatoms. The van der Waals surface area contributed by atoms with Gasteiger partial charge >= 0.3 is 12.1 Å². The van der Waals surface area contributed by atoms with Crippen molar-refractivity contribution in [3.05, 3.63) is 42.5 Å². The summed E-state index contributed by atoms with van der Waals surface area (Å²) in [5.74, 6) is -1.39. The number of carbonyl (C=O) groups is 2. The SMILES string of the molecule is CC(C)OC(=O)Cc1cnc2[nH]cc(-c3cncc(NC(C(=O)NCC(F)(F)F)C(C)C)c3)c2c1. The predicted octanol–water partition coefficient (Wildman–Crippen LogP) is 4.23. The van der Waals surface area contributed by atoms with Crippen molar-refractivity contribution in [3.8, 4) is 11.1 Å². The molecule has 3 rings (SSSR count). The second kappa shape index (κ2) is 10.7. The van der Waals surface area contributed by atoms with Crippen LogP contribution in [0.5, 0.6) is 0 Å². The first kappa shape index (κ1) is 26.0. The minimum absolute atomic E-state index is 0.0781. The van der Waals surface area contributed by atoms with Gasteiger partial charge in [0.1, 0.15) is 18.2 Å². The van der Waals surface area contributed by atoms with Gasteiger partial charge in [-0.05, 0) is 37.5 Å². The number of nitrogens with zero attached hydrogens (tertiary/aromatic N) is 2. The fourth-order valence-electron chi connectivity index (χ4n) is 3.53. The van der Waals surface area contributed by atoms with E-state index in [0.717, 1.165) is 10.9 Å². The van der Waals surface area contributed by atoms with E-state index in [9.17, 15) is 22.8 Å². The van der Waals surface area contributed by atoms with Crippen LogP contribution in [0, 0.1) is 5.92 Å². The summed E-state index contributed by atoms with van der Waals surface area (Å²) < 4.78 is 42.8. The van der Waals surface area contributed by atoms with E-state index in [0.29, 0.717) is 22.5 Å². The number of nitrogens with one attached hydrogen (secondary N) is 3. The van der Waals surface area contributed by atoms with Crippen LogP contribution in [0.15, 0.2) is 36.9 Å². The summed E-state index contributed by atoms with van der Waals surface area (Å²) in [6.07, 6.45) is 1.85. The highest BCUT2D eigenvalue weighted by Gasteiger charge is 2.30. The third kappa shape index (κ3) is 7.17. The quantitative estimate of drug-likeness (QED) is 0.387. The summed E-state index contributed by atoms with van der Waals surface area (Å²) in [4.78, 5) is 36.1. The van der Waals surface area contributed by atoms with Crippen molar-refractivity contribution < 1.29 is 27.5 Å². The van der Waals surface area contributed by atoms with Gasteiger partial charge in [-0.3, -0.25) is 14.6 Å². The number of carbonyl (C=O) groups excluding carboxylic acids is 2. The Balaban J connectivity index is 1.83. The lowest BCUT2D eigenvalue weighted by Crippen LogP contribution is -2.46. The van der Waals surface area contributed by atoms with E-state index >= 15 is 0 Å². The Labute approximate surface area is 200 Å². The molecule has 1 unspecified atom stereocenters. The smallest absolute Gasteiger partial charge is 0.405 e. The van der Waals surface area contributed by atoms with Crippen molar-refractivity contribution in [2.24, 2.45) is 5.92 Å². The van der Waals surface area contributed by atoms with Crippen LogP contribution in [0.25, 0.3) is 22.2 Å². The van der Waals surface area contributed by atoms with Crippen LogP contribution in [0.3, 0.4) is 0 Å². The summed E-state index contributed by atoms with van der Waals surface area (Å²) in [5, 5.41) is 5.68. The van der Waals surface area contributed by atoms with Gasteiger partial charge in [0, 0.05) is 41.3 Å². The predicted molar refractivity (Wildman–Crippen MR) is 126 cm³/mol. The number of aromatic nitrogens is 3. The van der Waals surface area contributed by atoms with Gasteiger partial charge in [-0.25, -0.2) is 4.98 Å². The van der Waals surface area contributed by atoms with Gasteiger partial charge in [0.05, 0.1) is 18.2 Å². The van der Waals surface area contributed by atoms with Crippen LogP contribution in [0.1, 0.15) is 33.3 Å². The number of hydrogen-bond acceptors (Lipinski definition) is 6. The molecule has 0 aliphatic carbocycles. The summed E-state index contributed by atoms with van der Waals surface area (Å²) in [6.45, 7) is 5.63. The van der Waals surface area contributed by atoms with Crippen molar-refractivity contribution >= 4 is 28.6 Å². The van der Waals surface area contributed by atoms with Crippen molar-refractivity contribution in [1.29, 1.82) is 0 Å². The van der Waals surface area contributed by atoms with E-state index in [1.54, 1.807) is 52.4 Å². The molecule has 0 saturated heterocycles. The van der Waals surface area contributed by atoms with Gasteiger partial charge in [-0.2, -0.15) is 13.2 Å². The summed E-state index contributed by atoms with van der Waals surface area (Å²) >= 11 is 0. The maximum atomic E-state index is 12.5. The molecule has 3 heterocycles. The molecule has 0 spiro atoms. The zero-order valence-electron chi connectivity index (χ0n) is 19.9. The largest absolute Gasteiger partial charge is 0.463 e. The molecule has 0 radical (unpaired) electrons. The zero-order valence-corrected chi connectivity index (χ0v) is 19.9. The molecule has 3 N–H and O–H groups in total. The first-order valence-electron chi connectivity index (χ1n) is 11.1. The Morgan fingerprint density at radius 1 is 1.11 bits per heavy atom. The topological polar surface area (TPSA) is 109 Å². The molecule has 0 fully saturated rings. The highest BCUT2D eigenvalue weighted by molar-refractivity contribution is 5.94. The van der Waals surface area contributed by atoms with Crippen LogP contribution < -0.4 is 10.6 Å². The summed E-state index contributed by atoms with van der Waals surface area (Å²) in [5.41, 5.74) is 3.24. The molecule has 8 nitrogen and oxygen atoms in total. The number of fused-ring (bicyclic) bond motifs is 1. The molecule has 0 saturated carbocycles. The van der Waals surface area contributed by atoms with Crippen LogP contribution in [-0.2, 0) is 20.7 Å². The van der Waals surface area contributed by atoms with Gasteiger partial charge < -0.3 is 20.4 Å². The second-order valence-corrected chi connectivity index (χ2v) is 8.82. The zero-order chi connectivity index (χ0) is 25.8. The molecule has 0 bridgehead atoms. The normalized spacial score (nSPS) is 12.7. The Bertz CT molecular complexity index is 1190. The van der Waals surface area contributed by atoms with E-state index < -0.39 is 24.7 Å². The first-order chi connectivity index (χ1) is 16.4. The van der Waals surface area contributed by atoms with Crippen molar-refractivity contribution in [3.63, 3.8) is 0 Å². The third-order valence-corrected chi connectivity index (χ3v) is 5.09. The molecule has 0 aliphatic rings. The highest BCUT2D eigenvalue weighted by atomic mass is 19.4. The van der Waals surface area contributed by atoms with Gasteiger partial charge in [0.2, 0.25) is 5.91 Å². The number of pyridine rings is 2. The minimum Gasteiger partial charge on any atom is -0.463 e. The lowest BCUT2D eigenvalue weighted by Gasteiger charge is -2.23. The standard InChI is InChI=1S/C24H28F3N5O3/c1-13(2)21(23(34)31-12-24(25,26)27)32-17-7-16(9-28-10-17)19-11-30-22-18(19)5-15(8-29-22)6-20(33)35-14(3)4/h5,7-11,13-14,21,32H,6,12H2,1-4H3,(H,29,30)(H,31,34). The average molecular weight is 492 g/mol. The molecular weight excluding hydrogens is 463 g/mol. The average Bonchev–Trinajstić information content (AvgIpc) is 3.18. The maximum absolute atomic E-state index is 12.5. The third-order valence-electron chi connectivity index (χ3n) is 5.09. The van der Waals surface area contributed by atoms with Gasteiger partial charge in [0.25, 0.3) is 0 Å². The van der Waals surface area contributed by atoms with Crippen LogP contribution in [0.2, 0.25) is 0 Å². The number of esters is 1. The van der Waals surface area contributed by atoms with Crippen LogP contribution >= 0.6 is 0 Å². The number of H-pyrrole nitrogens is 1. The molecule has 35 heavy (non-hydrogen) atoms. The minimum atomic E-state index is -4.49. The van der Waals surface area contributed by atoms with Gasteiger partial charge in [-0.1, -0.05) is 13.8 Å². The molecule has 188 valence electrons. The number of amides is 1. The Kier molecular flexibility index (Phi) is 7.98. The lowest BCUT2D eigenvalue weighted by atomic mass is 10.0. The van der Waals surface area contributed by atoms with Crippen molar-refractivity contribution in [1.82, 2.24) is 20.3 Å². The lowest BCUT2D eigenvalue weighted by molar-refractivity contribution is -0.146. The van der Waals surface area contributed by atoms with Gasteiger partial charge in [0.15, 0.2) is 0 Å². The number of hydrogen-bond donors (Lipinski definition) is 3. The van der Waals surface area contributed by atoms with E-state index in [4.69, 9.17) is 4.74 Å². The van der Waals surface area contributed by atoms with Gasteiger partial charge in [-0.15, -0.1) is 0 Å². The summed E-state index contributed by atoms with van der Waals surface area (Å²) in [6, 6.07) is 2.71. The van der Waals surface area contributed by atoms with E-state index in [1.807, 2.05) is 11.4 Å². The number of rotatable bonds is 9. The van der Waals surface area contributed by atoms with E-state index in [-0.39, 0.29) is 24.4 Å². The first-order valence-corrected chi connectivity index (χ1v) is 11.1. The fraction of sp³-hybridized carbons (Fsp3) is 0.417.